The Balaban J connectivity index is 2.31. The van der Waals surface area contributed by atoms with Crippen molar-refractivity contribution in [3.63, 3.8) is 0 Å². The van der Waals surface area contributed by atoms with E-state index in [1.54, 1.807) is 0 Å². The molecule has 3 rings (SSSR count). The van der Waals surface area contributed by atoms with Gasteiger partial charge in [0.15, 0.2) is 0 Å². The van der Waals surface area contributed by atoms with Crippen LogP contribution in [0.1, 0.15) is 40.0 Å². The lowest BCUT2D eigenvalue weighted by molar-refractivity contribution is -0.253. The van der Waals surface area contributed by atoms with E-state index in [1.807, 2.05) is 0 Å². The van der Waals surface area contributed by atoms with Gasteiger partial charge in [-0.25, -0.2) is 0 Å². The highest BCUT2D eigenvalue weighted by atomic mass is 35.5. The zero-order chi connectivity index (χ0) is 12.1. The first-order valence-electron chi connectivity index (χ1n) is 6.18. The molecule has 5 atom stereocenters. The molecule has 0 aliphatic heterocycles. The summed E-state index contributed by atoms with van der Waals surface area (Å²) in [6.45, 7) is 6.52. The van der Waals surface area contributed by atoms with E-state index < -0.39 is 5.60 Å². The Morgan fingerprint density at radius 1 is 1.56 bits per heavy atom. The molecule has 0 heterocycles. The Hall–Kier alpha value is -0.190. The normalized spacial score (nSPS) is 50.9. The lowest BCUT2D eigenvalue weighted by Crippen LogP contribution is -2.75. The van der Waals surface area contributed by atoms with Gasteiger partial charge in [0, 0.05) is 23.1 Å². The molecule has 2 bridgehead atoms. The summed E-state index contributed by atoms with van der Waals surface area (Å²) in [6, 6.07) is 0. The molecule has 0 radical (unpaired) electrons. The third-order valence-electron chi connectivity index (χ3n) is 5.15. The molecule has 3 saturated carbocycles. The van der Waals surface area contributed by atoms with Gasteiger partial charge in [-0.05, 0) is 24.7 Å². The Kier molecular flexibility index (Phi) is 2.80. The fraction of sp³-hybridized carbons (Fsp3) is 0.857. The first-order valence-corrected chi connectivity index (χ1v) is 6.62. The van der Waals surface area contributed by atoms with Crippen molar-refractivity contribution >= 4 is 11.6 Å². The average Bonchev–Trinajstić information content (AvgIpc) is 2.21. The summed E-state index contributed by atoms with van der Waals surface area (Å²) in [7, 11) is 0. The Morgan fingerprint density at radius 2 is 2.19 bits per heavy atom. The van der Waals surface area contributed by atoms with E-state index in [2.05, 4.69) is 26.7 Å². The van der Waals surface area contributed by atoms with Gasteiger partial charge in [-0.1, -0.05) is 20.8 Å². The van der Waals surface area contributed by atoms with Gasteiger partial charge in [0.05, 0.1) is 5.60 Å². The molecule has 2 heteroatoms. The quantitative estimate of drug-likeness (QED) is 0.581. The first-order chi connectivity index (χ1) is 7.38. The van der Waals surface area contributed by atoms with Crippen molar-refractivity contribution in [3.05, 3.63) is 0 Å². The second-order valence-electron chi connectivity index (χ2n) is 6.10. The summed E-state index contributed by atoms with van der Waals surface area (Å²) in [5.41, 5.74) is -0.891. The molecule has 0 aromatic carbocycles. The number of rotatable bonds is 2. The predicted molar refractivity (Wildman–Crippen MR) is 67.2 cm³/mol. The molecule has 1 unspecified atom stereocenters. The van der Waals surface area contributed by atoms with E-state index in [0.29, 0.717) is 18.3 Å². The maximum atomic E-state index is 10.8. The molecule has 0 aromatic heterocycles. The van der Waals surface area contributed by atoms with Gasteiger partial charge < -0.3 is 5.11 Å². The van der Waals surface area contributed by atoms with E-state index in [1.165, 1.54) is 6.42 Å². The van der Waals surface area contributed by atoms with Crippen molar-refractivity contribution in [3.8, 4) is 12.3 Å². The van der Waals surface area contributed by atoms with E-state index in [4.69, 9.17) is 18.0 Å². The topological polar surface area (TPSA) is 20.2 Å². The Bertz CT molecular complexity index is 332. The summed E-state index contributed by atoms with van der Waals surface area (Å²) in [6.07, 6.45) is 8.02. The minimum absolute atomic E-state index is 0.0898. The molecule has 0 spiro atoms. The van der Waals surface area contributed by atoms with Crippen molar-refractivity contribution in [2.75, 3.05) is 0 Å². The number of halogens is 1. The molecule has 0 saturated heterocycles. The lowest BCUT2D eigenvalue weighted by Gasteiger charge is -2.69. The highest BCUT2D eigenvalue weighted by Gasteiger charge is 2.72. The van der Waals surface area contributed by atoms with Crippen molar-refractivity contribution in [1.29, 1.82) is 0 Å². The molecule has 0 aromatic rings. The number of aliphatic hydroxyl groups is 1. The summed E-state index contributed by atoms with van der Waals surface area (Å²) in [5, 5.41) is 10.9. The van der Waals surface area contributed by atoms with Crippen molar-refractivity contribution in [1.82, 2.24) is 0 Å². The van der Waals surface area contributed by atoms with E-state index in [0.717, 1.165) is 6.42 Å². The van der Waals surface area contributed by atoms with Crippen LogP contribution in [0.2, 0.25) is 0 Å². The average molecular weight is 241 g/mol. The molecule has 3 fully saturated rings. The van der Waals surface area contributed by atoms with Crippen LogP contribution < -0.4 is 0 Å². The maximum Gasteiger partial charge on any atom is 0.0868 e. The van der Waals surface area contributed by atoms with Crippen LogP contribution in [0, 0.1) is 35.5 Å². The zero-order valence-corrected chi connectivity index (χ0v) is 11.1. The SMILES string of the molecule is C#CC[C@@]1(O)[C@H]2C(Cl)[C@]1(C)CC[C@H]2C(C)C. The van der Waals surface area contributed by atoms with Gasteiger partial charge >= 0.3 is 0 Å². The number of fused-ring (bicyclic) bond motifs is 2. The highest BCUT2D eigenvalue weighted by Crippen LogP contribution is 2.68. The van der Waals surface area contributed by atoms with E-state index >= 15 is 0 Å². The fourth-order valence-electron chi connectivity index (χ4n) is 3.96. The molecule has 90 valence electrons. The summed E-state index contributed by atoms with van der Waals surface area (Å²) in [5.74, 6) is 3.91. The summed E-state index contributed by atoms with van der Waals surface area (Å²) in [4.78, 5) is 0. The summed E-state index contributed by atoms with van der Waals surface area (Å²) < 4.78 is 0. The number of terminal acetylenes is 1. The van der Waals surface area contributed by atoms with Crippen molar-refractivity contribution in [2.45, 2.75) is 51.0 Å². The van der Waals surface area contributed by atoms with Crippen LogP contribution in [0.4, 0.5) is 0 Å². The summed E-state index contributed by atoms with van der Waals surface area (Å²) >= 11 is 6.49. The molecule has 0 amide bonds. The van der Waals surface area contributed by atoms with Gasteiger partial charge in [-0.2, -0.15) is 0 Å². The van der Waals surface area contributed by atoms with E-state index in [9.17, 15) is 5.11 Å². The van der Waals surface area contributed by atoms with Gasteiger partial charge in [-0.15, -0.1) is 23.9 Å². The van der Waals surface area contributed by atoms with Crippen LogP contribution in [0.15, 0.2) is 0 Å². The molecular formula is C14H21ClO. The van der Waals surface area contributed by atoms with Gasteiger partial charge in [-0.3, -0.25) is 0 Å². The standard InChI is InChI=1S/C14H21ClO/c1-5-7-14(16)11-10(9(2)3)6-8-13(14,4)12(11)15/h1,9-12,16H,6-8H2,2-4H3/t10-,11+,12?,13-,14+/m0/s1. The van der Waals surface area contributed by atoms with Gasteiger partial charge in [0.2, 0.25) is 0 Å². The molecule has 16 heavy (non-hydrogen) atoms. The third-order valence-corrected chi connectivity index (χ3v) is 5.90. The zero-order valence-electron chi connectivity index (χ0n) is 10.3. The van der Waals surface area contributed by atoms with Crippen LogP contribution in [0.3, 0.4) is 0 Å². The van der Waals surface area contributed by atoms with Crippen LogP contribution in [-0.2, 0) is 0 Å². The molecular weight excluding hydrogens is 220 g/mol. The molecule has 1 N–H and O–H groups in total. The van der Waals surface area contributed by atoms with Gasteiger partial charge in [0.1, 0.15) is 0 Å². The molecule has 1 nitrogen and oxygen atoms in total. The maximum absolute atomic E-state index is 10.8. The van der Waals surface area contributed by atoms with Crippen LogP contribution >= 0.6 is 11.6 Å². The largest absolute Gasteiger partial charge is 0.388 e. The van der Waals surface area contributed by atoms with Crippen LogP contribution in [0.5, 0.6) is 0 Å². The first kappa shape index (κ1) is 12.3. The monoisotopic (exact) mass is 240 g/mol. The predicted octanol–water partition coefficient (Wildman–Crippen LogP) is 3.05. The second kappa shape index (κ2) is 3.65. The highest BCUT2D eigenvalue weighted by molar-refractivity contribution is 6.22. The van der Waals surface area contributed by atoms with Crippen molar-refractivity contribution in [2.24, 2.45) is 23.2 Å². The number of hydrogen-bond acceptors (Lipinski definition) is 1. The van der Waals surface area contributed by atoms with Crippen molar-refractivity contribution < 1.29 is 5.11 Å². The van der Waals surface area contributed by atoms with Crippen LogP contribution in [-0.4, -0.2) is 16.1 Å². The Labute approximate surface area is 104 Å². The third kappa shape index (κ3) is 1.24. The minimum atomic E-state index is -0.721. The molecule has 3 aliphatic rings. The molecule has 3 aliphatic carbocycles. The smallest absolute Gasteiger partial charge is 0.0868 e. The van der Waals surface area contributed by atoms with Gasteiger partial charge in [0.25, 0.3) is 0 Å². The minimum Gasteiger partial charge on any atom is -0.388 e. The number of alkyl halides is 1. The van der Waals surface area contributed by atoms with E-state index in [-0.39, 0.29) is 16.7 Å². The fourth-order valence-corrected chi connectivity index (χ4v) is 4.65. The Morgan fingerprint density at radius 3 is 2.62 bits per heavy atom. The lowest BCUT2D eigenvalue weighted by atomic mass is 9.40. The second-order valence-corrected chi connectivity index (χ2v) is 6.57. The van der Waals surface area contributed by atoms with Crippen LogP contribution in [0.25, 0.3) is 0 Å². The number of hydrogen-bond donors (Lipinski definition) is 1.